The minimum atomic E-state index is -0.694. The lowest BCUT2D eigenvalue weighted by Crippen LogP contribution is -2.39. The second-order valence-corrected chi connectivity index (χ2v) is 5.67. The molecule has 2 rings (SSSR count). The molecule has 5 nitrogen and oxygen atoms in total. The first kappa shape index (κ1) is 17.7. The first-order valence-electron chi connectivity index (χ1n) is 7.83. The number of likely N-dealkylation sites (N-methyl/N-ethyl adjacent to an activating group) is 1. The van der Waals surface area contributed by atoms with Crippen molar-refractivity contribution in [2.45, 2.75) is 19.4 Å². The number of amides is 2. The number of aryl methyl sites for hydroxylation is 1. The Labute approximate surface area is 141 Å². The third-order valence-electron chi connectivity index (χ3n) is 3.88. The molecule has 5 heteroatoms. The van der Waals surface area contributed by atoms with Crippen LogP contribution in [0.25, 0.3) is 0 Å². The molecule has 0 radical (unpaired) electrons. The number of benzene rings is 2. The largest absolute Gasteiger partial charge is 0.396 e. The molecule has 1 unspecified atom stereocenters. The van der Waals surface area contributed by atoms with Crippen molar-refractivity contribution in [2.24, 2.45) is 0 Å². The number of nitrogens with zero attached hydrogens (tertiary/aromatic N) is 1. The van der Waals surface area contributed by atoms with Gasteiger partial charge in [0.25, 0.3) is 0 Å². The predicted octanol–water partition coefficient (Wildman–Crippen LogP) is 2.52. The van der Waals surface area contributed by atoms with Crippen LogP contribution in [0.2, 0.25) is 0 Å². The van der Waals surface area contributed by atoms with Gasteiger partial charge in [-0.25, -0.2) is 0 Å². The minimum absolute atomic E-state index is 0.0727. The van der Waals surface area contributed by atoms with Crippen LogP contribution in [0, 0.1) is 6.92 Å². The molecule has 2 aromatic carbocycles. The highest BCUT2D eigenvalue weighted by Gasteiger charge is 2.26. The number of nitrogens with one attached hydrogen (secondary N) is 1. The van der Waals surface area contributed by atoms with Crippen LogP contribution in [0.1, 0.15) is 23.6 Å². The molecule has 2 amide bonds. The number of aliphatic hydroxyl groups is 1. The lowest BCUT2D eigenvalue weighted by atomic mass is 10.0. The van der Waals surface area contributed by atoms with Gasteiger partial charge in [-0.05, 0) is 31.0 Å². The zero-order chi connectivity index (χ0) is 17.5. The Morgan fingerprint density at radius 1 is 1.08 bits per heavy atom. The molecular weight excluding hydrogens is 304 g/mol. The Morgan fingerprint density at radius 3 is 2.29 bits per heavy atom. The Balaban J connectivity index is 2.10. The van der Waals surface area contributed by atoms with Gasteiger partial charge in [0.2, 0.25) is 0 Å². The lowest BCUT2D eigenvalue weighted by Gasteiger charge is -2.27. The average Bonchev–Trinajstić information content (AvgIpc) is 2.61. The zero-order valence-electron chi connectivity index (χ0n) is 13.9. The smallest absolute Gasteiger partial charge is 0.313 e. The fourth-order valence-corrected chi connectivity index (χ4v) is 2.50. The summed E-state index contributed by atoms with van der Waals surface area (Å²) < 4.78 is 0. The number of hydrogen-bond donors (Lipinski definition) is 2. The molecular formula is C19H22N2O3. The maximum absolute atomic E-state index is 12.4. The summed E-state index contributed by atoms with van der Waals surface area (Å²) in [4.78, 5) is 26.0. The topological polar surface area (TPSA) is 69.6 Å². The quantitative estimate of drug-likeness (QED) is 0.830. The Bertz CT molecular complexity index is 684. The SMILES string of the molecule is Cc1ccc(NC(=O)C(=O)N(C)C(CCO)c2ccccc2)cc1. The maximum Gasteiger partial charge on any atom is 0.313 e. The van der Waals surface area contributed by atoms with Crippen LogP contribution in [-0.4, -0.2) is 35.5 Å². The fourth-order valence-electron chi connectivity index (χ4n) is 2.50. The van der Waals surface area contributed by atoms with Gasteiger partial charge in [-0.1, -0.05) is 48.0 Å². The number of aliphatic hydroxyl groups excluding tert-OH is 1. The van der Waals surface area contributed by atoms with E-state index in [1.165, 1.54) is 4.90 Å². The van der Waals surface area contributed by atoms with E-state index in [-0.39, 0.29) is 12.6 Å². The number of carbonyl (C=O) groups excluding carboxylic acids is 2. The van der Waals surface area contributed by atoms with E-state index in [1.54, 1.807) is 19.2 Å². The number of anilines is 1. The summed E-state index contributed by atoms with van der Waals surface area (Å²) >= 11 is 0. The van der Waals surface area contributed by atoms with Crippen molar-refractivity contribution in [1.29, 1.82) is 0 Å². The van der Waals surface area contributed by atoms with Crippen molar-refractivity contribution < 1.29 is 14.7 Å². The summed E-state index contributed by atoms with van der Waals surface area (Å²) in [5.41, 5.74) is 2.53. The second kappa shape index (κ2) is 8.26. The molecule has 2 aromatic rings. The fraction of sp³-hybridized carbons (Fsp3) is 0.263. The molecule has 126 valence electrons. The van der Waals surface area contributed by atoms with E-state index in [1.807, 2.05) is 49.4 Å². The van der Waals surface area contributed by atoms with Gasteiger partial charge in [0.1, 0.15) is 0 Å². The van der Waals surface area contributed by atoms with E-state index in [9.17, 15) is 14.7 Å². The summed E-state index contributed by atoms with van der Waals surface area (Å²) in [5, 5.41) is 11.9. The van der Waals surface area contributed by atoms with Gasteiger partial charge in [-0.2, -0.15) is 0 Å². The molecule has 0 saturated carbocycles. The van der Waals surface area contributed by atoms with Crippen LogP contribution in [0.5, 0.6) is 0 Å². The van der Waals surface area contributed by atoms with Gasteiger partial charge in [0.15, 0.2) is 0 Å². The second-order valence-electron chi connectivity index (χ2n) is 5.67. The van der Waals surface area contributed by atoms with Crippen LogP contribution < -0.4 is 5.32 Å². The molecule has 0 spiro atoms. The highest BCUT2D eigenvalue weighted by Crippen LogP contribution is 2.23. The molecule has 1 atom stereocenters. The first-order valence-corrected chi connectivity index (χ1v) is 7.83. The van der Waals surface area contributed by atoms with Crippen molar-refractivity contribution in [3.63, 3.8) is 0 Å². The predicted molar refractivity (Wildman–Crippen MR) is 93.5 cm³/mol. The molecule has 0 bridgehead atoms. The van der Waals surface area contributed by atoms with Crippen LogP contribution >= 0.6 is 0 Å². The van der Waals surface area contributed by atoms with E-state index in [4.69, 9.17) is 0 Å². The summed E-state index contributed by atoms with van der Waals surface area (Å²) in [6.45, 7) is 1.88. The van der Waals surface area contributed by atoms with E-state index in [0.29, 0.717) is 12.1 Å². The third kappa shape index (κ3) is 4.43. The van der Waals surface area contributed by atoms with Crippen molar-refractivity contribution in [3.8, 4) is 0 Å². The molecule has 0 aromatic heterocycles. The summed E-state index contributed by atoms with van der Waals surface area (Å²) in [6, 6.07) is 16.2. The van der Waals surface area contributed by atoms with E-state index >= 15 is 0 Å². The standard InChI is InChI=1S/C19H22N2O3/c1-14-8-10-16(11-9-14)20-18(23)19(24)21(2)17(12-13-22)15-6-4-3-5-7-15/h3-11,17,22H,12-13H2,1-2H3,(H,20,23). The normalized spacial score (nSPS) is 11.6. The zero-order valence-corrected chi connectivity index (χ0v) is 13.9. The highest BCUT2D eigenvalue weighted by molar-refractivity contribution is 6.39. The molecule has 0 heterocycles. The summed E-state index contributed by atoms with van der Waals surface area (Å²) in [7, 11) is 1.57. The van der Waals surface area contributed by atoms with E-state index < -0.39 is 11.8 Å². The third-order valence-corrected chi connectivity index (χ3v) is 3.88. The van der Waals surface area contributed by atoms with Crippen molar-refractivity contribution >= 4 is 17.5 Å². The van der Waals surface area contributed by atoms with Gasteiger partial charge in [-0.3, -0.25) is 9.59 Å². The van der Waals surface area contributed by atoms with Crippen LogP contribution in [0.15, 0.2) is 54.6 Å². The Morgan fingerprint density at radius 2 is 1.71 bits per heavy atom. The molecule has 0 fully saturated rings. The van der Waals surface area contributed by atoms with Crippen LogP contribution in [0.3, 0.4) is 0 Å². The van der Waals surface area contributed by atoms with Gasteiger partial charge in [-0.15, -0.1) is 0 Å². The average molecular weight is 326 g/mol. The minimum Gasteiger partial charge on any atom is -0.396 e. The molecule has 24 heavy (non-hydrogen) atoms. The number of rotatable bonds is 5. The van der Waals surface area contributed by atoms with Gasteiger partial charge < -0.3 is 15.3 Å². The van der Waals surface area contributed by atoms with Crippen molar-refractivity contribution in [1.82, 2.24) is 4.90 Å². The van der Waals surface area contributed by atoms with E-state index in [0.717, 1.165) is 11.1 Å². The molecule has 0 aliphatic rings. The molecule has 0 aliphatic heterocycles. The van der Waals surface area contributed by atoms with Crippen molar-refractivity contribution in [3.05, 3.63) is 65.7 Å². The number of hydrogen-bond acceptors (Lipinski definition) is 3. The highest BCUT2D eigenvalue weighted by atomic mass is 16.3. The van der Waals surface area contributed by atoms with E-state index in [2.05, 4.69) is 5.32 Å². The van der Waals surface area contributed by atoms with Gasteiger partial charge >= 0.3 is 11.8 Å². The molecule has 0 saturated heterocycles. The molecule has 2 N–H and O–H groups in total. The Kier molecular flexibility index (Phi) is 6.09. The molecule has 0 aliphatic carbocycles. The lowest BCUT2D eigenvalue weighted by molar-refractivity contribution is -0.144. The number of carbonyl (C=O) groups is 2. The Hall–Kier alpha value is -2.66. The van der Waals surface area contributed by atoms with Gasteiger partial charge in [0, 0.05) is 19.3 Å². The first-order chi connectivity index (χ1) is 11.5. The summed E-state index contributed by atoms with van der Waals surface area (Å²) in [5.74, 6) is -1.34. The van der Waals surface area contributed by atoms with Gasteiger partial charge in [0.05, 0.1) is 6.04 Å². The maximum atomic E-state index is 12.4. The summed E-state index contributed by atoms with van der Waals surface area (Å²) in [6.07, 6.45) is 0.365. The monoisotopic (exact) mass is 326 g/mol. The van der Waals surface area contributed by atoms with Crippen LogP contribution in [-0.2, 0) is 9.59 Å². The van der Waals surface area contributed by atoms with Crippen molar-refractivity contribution in [2.75, 3.05) is 19.0 Å². The van der Waals surface area contributed by atoms with Crippen LogP contribution in [0.4, 0.5) is 5.69 Å².